The summed E-state index contributed by atoms with van der Waals surface area (Å²) in [5.74, 6) is 0.110. The normalized spacial score (nSPS) is 11.2. The van der Waals surface area contributed by atoms with Gasteiger partial charge in [0.2, 0.25) is 5.91 Å². The average Bonchev–Trinajstić information content (AvgIpc) is 2.63. The fraction of sp³-hybridized carbons (Fsp3) is 0.950. The van der Waals surface area contributed by atoms with Crippen molar-refractivity contribution >= 4 is 5.91 Å². The topological polar surface area (TPSA) is 82.0 Å². The third-order valence-corrected chi connectivity index (χ3v) is 4.46. The van der Waals surface area contributed by atoms with E-state index in [1.165, 1.54) is 44.9 Å². The van der Waals surface area contributed by atoms with Crippen LogP contribution in [0.4, 0.5) is 0 Å². The molecule has 0 rings (SSSR count). The smallest absolute Gasteiger partial charge is 0.220 e. The van der Waals surface area contributed by atoms with Crippen molar-refractivity contribution in [2.45, 2.75) is 71.1 Å². The number of aliphatic hydroxyl groups excluding tert-OH is 2. The molecule has 0 fully saturated rings. The number of carbonyl (C=O) groups excluding carboxylic acids is 1. The minimum absolute atomic E-state index is 0.0783. The highest BCUT2D eigenvalue weighted by molar-refractivity contribution is 5.75. The Balaban J connectivity index is 3.33. The van der Waals surface area contributed by atoms with Crippen molar-refractivity contribution in [3.05, 3.63) is 0 Å². The molecule has 156 valence electrons. The lowest BCUT2D eigenvalue weighted by Crippen LogP contribution is -2.33. The van der Waals surface area contributed by atoms with E-state index in [0.29, 0.717) is 45.8 Å². The zero-order valence-electron chi connectivity index (χ0n) is 16.9. The maximum atomic E-state index is 11.7. The third-order valence-electron chi connectivity index (χ3n) is 4.46. The molecule has 0 spiro atoms. The van der Waals surface area contributed by atoms with E-state index in [0.717, 1.165) is 12.8 Å². The third kappa shape index (κ3) is 18.1. The molecule has 0 aromatic carbocycles. The van der Waals surface area contributed by atoms with E-state index in [-0.39, 0.29) is 19.1 Å². The second kappa shape index (κ2) is 20.6. The van der Waals surface area contributed by atoms with Gasteiger partial charge in [-0.05, 0) is 6.42 Å². The van der Waals surface area contributed by atoms with Crippen LogP contribution in [-0.2, 0) is 9.53 Å². The number of hydrogen-bond acceptors (Lipinski definition) is 5. The van der Waals surface area contributed by atoms with Gasteiger partial charge in [0.15, 0.2) is 0 Å². The Kier molecular flexibility index (Phi) is 20.1. The Morgan fingerprint density at radius 2 is 1.42 bits per heavy atom. The Morgan fingerprint density at radius 1 is 0.846 bits per heavy atom. The van der Waals surface area contributed by atoms with Gasteiger partial charge in [-0.2, -0.15) is 0 Å². The first-order chi connectivity index (χ1) is 12.7. The molecule has 0 atom stereocenters. The first kappa shape index (κ1) is 25.3. The molecule has 0 saturated carbocycles. The number of nitrogens with zero attached hydrogens (tertiary/aromatic N) is 1. The second-order valence-electron chi connectivity index (χ2n) is 6.83. The summed E-state index contributed by atoms with van der Waals surface area (Å²) in [4.78, 5) is 13.7. The van der Waals surface area contributed by atoms with E-state index >= 15 is 0 Å². The standard InChI is InChI=1S/C20H42N2O4/c1-2-3-4-5-6-7-8-9-10-11-20(25)21-12-18-26-19-15-22(13-16-23)14-17-24/h23-24H,2-19H2,1H3,(H,21,25). The molecule has 0 aromatic rings. The van der Waals surface area contributed by atoms with Crippen molar-refractivity contribution in [3.63, 3.8) is 0 Å². The molecule has 6 nitrogen and oxygen atoms in total. The summed E-state index contributed by atoms with van der Waals surface area (Å²) >= 11 is 0. The molecule has 0 aliphatic heterocycles. The number of aliphatic hydroxyl groups is 2. The van der Waals surface area contributed by atoms with Gasteiger partial charge in [-0.3, -0.25) is 9.69 Å². The van der Waals surface area contributed by atoms with Crippen molar-refractivity contribution < 1.29 is 19.7 Å². The van der Waals surface area contributed by atoms with E-state index in [1.807, 2.05) is 4.90 Å². The van der Waals surface area contributed by atoms with Crippen LogP contribution in [0.1, 0.15) is 71.1 Å². The molecule has 0 aromatic heterocycles. The second-order valence-corrected chi connectivity index (χ2v) is 6.83. The summed E-state index contributed by atoms with van der Waals surface area (Å²) in [7, 11) is 0. The maximum absolute atomic E-state index is 11.7. The molecule has 1 amide bonds. The Morgan fingerprint density at radius 3 is 2.00 bits per heavy atom. The monoisotopic (exact) mass is 374 g/mol. The number of nitrogens with one attached hydrogen (secondary N) is 1. The SMILES string of the molecule is CCCCCCCCCCCC(=O)NCCOCCN(CCO)CCO. The number of ether oxygens (including phenoxy) is 1. The fourth-order valence-corrected chi connectivity index (χ4v) is 2.86. The van der Waals surface area contributed by atoms with Gasteiger partial charge in [0, 0.05) is 32.6 Å². The summed E-state index contributed by atoms with van der Waals surface area (Å²) in [6.45, 7) is 5.72. The molecule has 0 aliphatic carbocycles. The minimum Gasteiger partial charge on any atom is -0.395 e. The number of rotatable bonds is 20. The predicted molar refractivity (Wildman–Crippen MR) is 106 cm³/mol. The molecule has 0 radical (unpaired) electrons. The Bertz CT molecular complexity index is 298. The number of unbranched alkanes of at least 4 members (excludes halogenated alkanes) is 8. The quantitative estimate of drug-likeness (QED) is 0.285. The molecule has 0 bridgehead atoms. The zero-order chi connectivity index (χ0) is 19.3. The number of carbonyl (C=O) groups is 1. The van der Waals surface area contributed by atoms with Crippen LogP contribution in [0, 0.1) is 0 Å². The molecule has 0 aliphatic rings. The van der Waals surface area contributed by atoms with Gasteiger partial charge in [-0.1, -0.05) is 58.3 Å². The van der Waals surface area contributed by atoms with Crippen molar-refractivity contribution in [1.29, 1.82) is 0 Å². The van der Waals surface area contributed by atoms with E-state index in [4.69, 9.17) is 14.9 Å². The van der Waals surface area contributed by atoms with Crippen molar-refractivity contribution in [1.82, 2.24) is 10.2 Å². The minimum atomic E-state index is 0.0783. The summed E-state index contributed by atoms with van der Waals surface area (Å²) in [5.41, 5.74) is 0. The van der Waals surface area contributed by atoms with E-state index in [2.05, 4.69) is 12.2 Å². The van der Waals surface area contributed by atoms with Gasteiger partial charge in [-0.25, -0.2) is 0 Å². The van der Waals surface area contributed by atoms with E-state index in [1.54, 1.807) is 0 Å². The summed E-state index contributed by atoms with van der Waals surface area (Å²) < 4.78 is 5.49. The fourth-order valence-electron chi connectivity index (χ4n) is 2.86. The highest BCUT2D eigenvalue weighted by Gasteiger charge is 2.03. The largest absolute Gasteiger partial charge is 0.395 e. The van der Waals surface area contributed by atoms with Crippen molar-refractivity contribution in [2.75, 3.05) is 52.6 Å². The van der Waals surface area contributed by atoms with Crippen LogP contribution >= 0.6 is 0 Å². The van der Waals surface area contributed by atoms with Crippen LogP contribution in [0.3, 0.4) is 0 Å². The zero-order valence-corrected chi connectivity index (χ0v) is 16.9. The highest BCUT2D eigenvalue weighted by Crippen LogP contribution is 2.10. The van der Waals surface area contributed by atoms with Gasteiger partial charge >= 0.3 is 0 Å². The summed E-state index contributed by atoms with van der Waals surface area (Å²) in [5, 5.41) is 20.7. The molecule has 0 unspecified atom stereocenters. The van der Waals surface area contributed by atoms with E-state index in [9.17, 15) is 4.79 Å². The highest BCUT2D eigenvalue weighted by atomic mass is 16.5. The van der Waals surface area contributed by atoms with Crippen LogP contribution in [-0.4, -0.2) is 73.6 Å². The lowest BCUT2D eigenvalue weighted by atomic mass is 10.1. The van der Waals surface area contributed by atoms with Crippen molar-refractivity contribution in [3.8, 4) is 0 Å². The van der Waals surface area contributed by atoms with Gasteiger partial charge in [-0.15, -0.1) is 0 Å². The van der Waals surface area contributed by atoms with Crippen LogP contribution in [0.5, 0.6) is 0 Å². The lowest BCUT2D eigenvalue weighted by molar-refractivity contribution is -0.121. The van der Waals surface area contributed by atoms with Crippen LogP contribution in [0.2, 0.25) is 0 Å². The van der Waals surface area contributed by atoms with Crippen LogP contribution in [0.25, 0.3) is 0 Å². The Labute approximate surface area is 160 Å². The predicted octanol–water partition coefficient (Wildman–Crippen LogP) is 2.33. The van der Waals surface area contributed by atoms with Gasteiger partial charge in [0.05, 0.1) is 26.4 Å². The molecule has 0 saturated heterocycles. The molecule has 0 heterocycles. The van der Waals surface area contributed by atoms with Gasteiger partial charge < -0.3 is 20.3 Å². The first-order valence-electron chi connectivity index (χ1n) is 10.5. The number of hydrogen-bond donors (Lipinski definition) is 3. The maximum Gasteiger partial charge on any atom is 0.220 e. The van der Waals surface area contributed by atoms with Crippen LogP contribution < -0.4 is 5.32 Å². The van der Waals surface area contributed by atoms with E-state index < -0.39 is 0 Å². The summed E-state index contributed by atoms with van der Waals surface area (Å²) in [6.07, 6.45) is 12.0. The van der Waals surface area contributed by atoms with Crippen molar-refractivity contribution in [2.24, 2.45) is 0 Å². The molecule has 26 heavy (non-hydrogen) atoms. The lowest BCUT2D eigenvalue weighted by Gasteiger charge is -2.19. The molecule has 3 N–H and O–H groups in total. The summed E-state index contributed by atoms with van der Waals surface area (Å²) in [6, 6.07) is 0. The van der Waals surface area contributed by atoms with Gasteiger partial charge in [0.1, 0.15) is 0 Å². The van der Waals surface area contributed by atoms with Gasteiger partial charge in [0.25, 0.3) is 0 Å². The Hall–Kier alpha value is -0.690. The molecule has 6 heteroatoms. The number of amides is 1. The first-order valence-corrected chi connectivity index (χ1v) is 10.5. The average molecular weight is 375 g/mol. The van der Waals surface area contributed by atoms with Crippen LogP contribution in [0.15, 0.2) is 0 Å². The molecular formula is C20H42N2O4. The molecular weight excluding hydrogens is 332 g/mol.